The molecule has 0 saturated carbocycles. The van der Waals surface area contributed by atoms with Crippen LogP contribution in [0.2, 0.25) is 0 Å². The minimum atomic E-state index is -3.44. The molecule has 4 aromatic rings. The summed E-state index contributed by atoms with van der Waals surface area (Å²) in [6.45, 7) is 2.53. The van der Waals surface area contributed by atoms with Crippen LogP contribution in [0, 0.1) is 6.92 Å². The van der Waals surface area contributed by atoms with Crippen molar-refractivity contribution in [2.75, 3.05) is 28.3 Å². The van der Waals surface area contributed by atoms with Crippen LogP contribution in [-0.4, -0.2) is 47.1 Å². The van der Waals surface area contributed by atoms with Gasteiger partial charge in [-0.05, 0) is 37.6 Å². The summed E-state index contributed by atoms with van der Waals surface area (Å²) in [5.41, 5.74) is 2.93. The van der Waals surface area contributed by atoms with Gasteiger partial charge >= 0.3 is 0 Å². The van der Waals surface area contributed by atoms with Gasteiger partial charge in [0.1, 0.15) is 23.0 Å². The molecule has 1 amide bonds. The quantitative estimate of drug-likeness (QED) is 0.383. The van der Waals surface area contributed by atoms with E-state index in [1.54, 1.807) is 47.5 Å². The third-order valence-electron chi connectivity index (χ3n) is 5.52. The van der Waals surface area contributed by atoms with Crippen LogP contribution < -0.4 is 15.5 Å². The van der Waals surface area contributed by atoms with Gasteiger partial charge in [-0.1, -0.05) is 12.1 Å². The molecule has 0 aliphatic carbocycles. The summed E-state index contributed by atoms with van der Waals surface area (Å²) in [5, 5.41) is 6.38. The van der Waals surface area contributed by atoms with Gasteiger partial charge in [0.05, 0.1) is 28.2 Å². The Labute approximate surface area is 196 Å². The number of nitrogens with one attached hydrogen (secondary N) is 3. The summed E-state index contributed by atoms with van der Waals surface area (Å²) in [7, 11) is -3.44. The molecule has 0 radical (unpaired) electrons. The summed E-state index contributed by atoms with van der Waals surface area (Å²) in [6, 6.07) is 12.1. The molecule has 10 nitrogen and oxygen atoms in total. The smallest absolute Gasteiger partial charge is 0.227 e. The van der Waals surface area contributed by atoms with Crippen LogP contribution in [0.4, 0.5) is 28.7 Å². The normalized spacial score (nSPS) is 14.1. The highest BCUT2D eigenvalue weighted by molar-refractivity contribution is 7.90. The molecule has 1 saturated heterocycles. The number of carbonyl (C=O) groups is 1. The van der Waals surface area contributed by atoms with Crippen molar-refractivity contribution in [3.8, 4) is 0 Å². The molecule has 3 N–H and O–H groups in total. The number of hydrogen-bond acceptors (Lipinski definition) is 8. The fourth-order valence-corrected chi connectivity index (χ4v) is 4.82. The fourth-order valence-electron chi connectivity index (χ4n) is 3.98. The summed E-state index contributed by atoms with van der Waals surface area (Å²) in [5.74, 6) is 1.83. The highest BCUT2D eigenvalue weighted by Crippen LogP contribution is 2.31. The van der Waals surface area contributed by atoms with Gasteiger partial charge in [0, 0.05) is 25.3 Å². The standard InChI is InChI=1S/C23H23N7O3S/c1-14-25-22-17(27-16-6-3-4-7-18(16)34(2,32)33)12-20(29-23(22)26-14)28-19-10-9-15(13-24-19)30-11-5-8-21(30)31/h3-4,6-7,9-10,12-13H,5,8,11H2,1-2H3,(H3,24,25,26,27,28,29). The van der Waals surface area contributed by atoms with Crippen LogP contribution in [0.5, 0.6) is 0 Å². The number of rotatable bonds is 6. The van der Waals surface area contributed by atoms with Gasteiger partial charge < -0.3 is 20.5 Å². The summed E-state index contributed by atoms with van der Waals surface area (Å²) < 4.78 is 24.5. The molecule has 0 unspecified atom stereocenters. The number of imidazole rings is 1. The van der Waals surface area contributed by atoms with E-state index in [-0.39, 0.29) is 10.8 Å². The van der Waals surface area contributed by atoms with Crippen LogP contribution >= 0.6 is 0 Å². The van der Waals surface area contributed by atoms with Gasteiger partial charge in [-0.15, -0.1) is 0 Å². The molecule has 0 bridgehead atoms. The Balaban J connectivity index is 1.48. The van der Waals surface area contributed by atoms with E-state index in [0.29, 0.717) is 53.0 Å². The lowest BCUT2D eigenvalue weighted by atomic mass is 10.2. The summed E-state index contributed by atoms with van der Waals surface area (Å²) in [6.07, 6.45) is 4.24. The van der Waals surface area contributed by atoms with Gasteiger partial charge in [0.2, 0.25) is 5.91 Å². The van der Waals surface area contributed by atoms with E-state index < -0.39 is 9.84 Å². The third kappa shape index (κ3) is 4.29. The highest BCUT2D eigenvalue weighted by Gasteiger charge is 2.22. The Hall–Kier alpha value is -3.99. The van der Waals surface area contributed by atoms with E-state index in [9.17, 15) is 13.2 Å². The molecule has 1 fully saturated rings. The number of H-pyrrole nitrogens is 1. The number of amides is 1. The van der Waals surface area contributed by atoms with Gasteiger partial charge in [0.25, 0.3) is 0 Å². The number of para-hydroxylation sites is 1. The molecule has 34 heavy (non-hydrogen) atoms. The Morgan fingerprint density at radius 1 is 1.03 bits per heavy atom. The molecule has 1 aromatic carbocycles. The van der Waals surface area contributed by atoms with Crippen molar-refractivity contribution < 1.29 is 13.2 Å². The number of benzene rings is 1. The van der Waals surface area contributed by atoms with E-state index in [1.165, 1.54) is 6.26 Å². The van der Waals surface area contributed by atoms with Crippen molar-refractivity contribution in [2.45, 2.75) is 24.7 Å². The Kier molecular flexibility index (Phi) is 5.40. The SMILES string of the molecule is Cc1nc2c(Nc3ccccc3S(C)(=O)=O)cc(Nc3ccc(N4CCCC4=O)cn3)nc2[nH]1. The monoisotopic (exact) mass is 477 g/mol. The van der Waals surface area contributed by atoms with Crippen molar-refractivity contribution in [2.24, 2.45) is 0 Å². The third-order valence-corrected chi connectivity index (χ3v) is 6.67. The van der Waals surface area contributed by atoms with E-state index in [4.69, 9.17) is 0 Å². The number of fused-ring (bicyclic) bond motifs is 1. The largest absolute Gasteiger partial charge is 0.352 e. The van der Waals surface area contributed by atoms with Crippen LogP contribution in [0.25, 0.3) is 11.2 Å². The molecule has 4 heterocycles. The average molecular weight is 478 g/mol. The van der Waals surface area contributed by atoms with Crippen molar-refractivity contribution in [3.05, 3.63) is 54.5 Å². The Morgan fingerprint density at radius 3 is 2.56 bits per heavy atom. The number of anilines is 5. The lowest BCUT2D eigenvalue weighted by Gasteiger charge is -2.16. The van der Waals surface area contributed by atoms with Crippen molar-refractivity contribution in [3.63, 3.8) is 0 Å². The van der Waals surface area contributed by atoms with E-state index >= 15 is 0 Å². The van der Waals surface area contributed by atoms with Crippen LogP contribution in [0.3, 0.4) is 0 Å². The first-order chi connectivity index (χ1) is 16.3. The zero-order valence-electron chi connectivity index (χ0n) is 18.7. The van der Waals surface area contributed by atoms with E-state index in [0.717, 1.165) is 12.1 Å². The maximum absolute atomic E-state index is 12.2. The van der Waals surface area contributed by atoms with Crippen molar-refractivity contribution in [1.82, 2.24) is 19.9 Å². The molecule has 3 aromatic heterocycles. The predicted molar refractivity (Wildman–Crippen MR) is 131 cm³/mol. The maximum Gasteiger partial charge on any atom is 0.227 e. The van der Waals surface area contributed by atoms with Crippen LogP contribution in [0.15, 0.2) is 53.6 Å². The molecule has 11 heteroatoms. The number of pyridine rings is 2. The number of hydrogen-bond donors (Lipinski definition) is 3. The lowest BCUT2D eigenvalue weighted by Crippen LogP contribution is -2.23. The van der Waals surface area contributed by atoms with Crippen molar-refractivity contribution >= 4 is 55.6 Å². The second-order valence-corrected chi connectivity index (χ2v) is 10.1. The molecule has 0 atom stereocenters. The topological polar surface area (TPSA) is 133 Å². The van der Waals surface area contributed by atoms with Crippen LogP contribution in [0.1, 0.15) is 18.7 Å². The summed E-state index contributed by atoms with van der Waals surface area (Å²) in [4.78, 5) is 30.5. The minimum Gasteiger partial charge on any atom is -0.352 e. The van der Waals surface area contributed by atoms with Crippen LogP contribution in [-0.2, 0) is 14.6 Å². The Morgan fingerprint density at radius 2 is 1.85 bits per heavy atom. The zero-order chi connectivity index (χ0) is 23.9. The number of aryl methyl sites for hydroxylation is 1. The number of carbonyl (C=O) groups excluding carboxylic acids is 1. The summed E-state index contributed by atoms with van der Waals surface area (Å²) >= 11 is 0. The maximum atomic E-state index is 12.2. The predicted octanol–water partition coefficient (Wildman–Crippen LogP) is 3.68. The number of nitrogens with zero attached hydrogens (tertiary/aromatic N) is 4. The first-order valence-corrected chi connectivity index (χ1v) is 12.6. The van der Waals surface area contributed by atoms with Gasteiger partial charge in [-0.3, -0.25) is 4.79 Å². The first kappa shape index (κ1) is 21.8. The molecule has 0 spiro atoms. The average Bonchev–Trinajstić information content (AvgIpc) is 3.39. The molecule has 174 valence electrons. The fraction of sp³-hybridized carbons (Fsp3) is 0.217. The van der Waals surface area contributed by atoms with Crippen molar-refractivity contribution in [1.29, 1.82) is 0 Å². The van der Waals surface area contributed by atoms with E-state index in [1.807, 2.05) is 13.0 Å². The van der Waals surface area contributed by atoms with Gasteiger partial charge in [-0.2, -0.15) is 0 Å². The highest BCUT2D eigenvalue weighted by atomic mass is 32.2. The molecule has 1 aliphatic rings. The van der Waals surface area contributed by atoms with E-state index in [2.05, 4.69) is 30.6 Å². The molecule has 5 rings (SSSR count). The van der Waals surface area contributed by atoms with Gasteiger partial charge in [-0.25, -0.2) is 23.4 Å². The van der Waals surface area contributed by atoms with Gasteiger partial charge in [0.15, 0.2) is 15.5 Å². The Bertz CT molecular complexity index is 1500. The lowest BCUT2D eigenvalue weighted by molar-refractivity contribution is -0.117. The molecular weight excluding hydrogens is 454 g/mol. The second-order valence-electron chi connectivity index (χ2n) is 8.14. The number of aromatic amines is 1. The number of sulfone groups is 1. The molecular formula is C23H23N7O3S. The zero-order valence-corrected chi connectivity index (χ0v) is 19.5. The molecule has 1 aliphatic heterocycles. The number of aromatic nitrogens is 4. The minimum absolute atomic E-state index is 0.106. The second kappa shape index (κ2) is 8.41. The first-order valence-electron chi connectivity index (χ1n) is 10.7.